The third kappa shape index (κ3) is 6.48. The fraction of sp³-hybridized carbons (Fsp3) is 0.174. The molecule has 0 bridgehead atoms. The lowest BCUT2D eigenvalue weighted by Gasteiger charge is -2.20. The lowest BCUT2D eigenvalue weighted by atomic mass is 10.1. The molecule has 0 aliphatic heterocycles. The minimum absolute atomic E-state index is 0.0165. The van der Waals surface area contributed by atoms with Gasteiger partial charge in [-0.25, -0.2) is 0 Å². The Labute approximate surface area is 177 Å². The number of amides is 1. The normalized spacial score (nSPS) is 12.1. The van der Waals surface area contributed by atoms with Crippen molar-refractivity contribution < 1.29 is 27.4 Å². The van der Waals surface area contributed by atoms with E-state index in [0.717, 1.165) is 0 Å². The third-order valence-corrected chi connectivity index (χ3v) is 4.43. The fourth-order valence-corrected chi connectivity index (χ4v) is 3.01. The zero-order valence-electron chi connectivity index (χ0n) is 16.6. The summed E-state index contributed by atoms with van der Waals surface area (Å²) < 4.78 is 47.4. The van der Waals surface area contributed by atoms with Gasteiger partial charge in [0.15, 0.2) is 0 Å². The quantitative estimate of drug-likeness (QED) is 0.524. The van der Waals surface area contributed by atoms with Gasteiger partial charge < -0.3 is 14.8 Å². The monoisotopic (exact) mass is 430 g/mol. The average Bonchev–Trinajstić information content (AvgIpc) is 2.75. The van der Waals surface area contributed by atoms with Crippen molar-refractivity contribution in [3.63, 3.8) is 0 Å². The van der Waals surface area contributed by atoms with E-state index in [2.05, 4.69) is 15.4 Å². The lowest BCUT2D eigenvalue weighted by molar-refractivity contribution is -0.274. The van der Waals surface area contributed by atoms with Crippen LogP contribution in [-0.4, -0.2) is 19.4 Å². The summed E-state index contributed by atoms with van der Waals surface area (Å²) in [5.74, 6) is -0.101. The number of hydrogen-bond donors (Lipinski definition) is 2. The van der Waals surface area contributed by atoms with Crippen LogP contribution in [0.2, 0.25) is 0 Å². The summed E-state index contributed by atoms with van der Waals surface area (Å²) in [4.78, 5) is 13.0. The van der Waals surface area contributed by atoms with Crippen molar-refractivity contribution >= 4 is 11.6 Å². The number of para-hydroxylation sites is 1. The summed E-state index contributed by atoms with van der Waals surface area (Å²) >= 11 is 0. The molecule has 1 unspecified atom stereocenters. The number of methoxy groups -OCH3 is 1. The van der Waals surface area contributed by atoms with Crippen molar-refractivity contribution in [3.05, 3.63) is 90.0 Å². The van der Waals surface area contributed by atoms with Crippen molar-refractivity contribution in [2.75, 3.05) is 12.4 Å². The Morgan fingerprint density at radius 1 is 0.968 bits per heavy atom. The predicted octanol–water partition coefficient (Wildman–Crippen LogP) is 5.06. The van der Waals surface area contributed by atoms with E-state index in [0.29, 0.717) is 17.0 Å². The van der Waals surface area contributed by atoms with Crippen LogP contribution in [0.15, 0.2) is 78.9 Å². The second-order valence-corrected chi connectivity index (χ2v) is 6.60. The number of anilines is 1. The Hall–Kier alpha value is -3.52. The molecule has 0 heterocycles. The first-order valence-corrected chi connectivity index (χ1v) is 9.42. The molecule has 3 aromatic rings. The van der Waals surface area contributed by atoms with Gasteiger partial charge in [0, 0.05) is 23.9 Å². The summed E-state index contributed by atoms with van der Waals surface area (Å²) in [6.45, 7) is -0.0165. The Morgan fingerprint density at radius 3 is 2.39 bits per heavy atom. The highest BCUT2D eigenvalue weighted by Gasteiger charge is 2.32. The van der Waals surface area contributed by atoms with Gasteiger partial charge in [0.1, 0.15) is 17.5 Å². The van der Waals surface area contributed by atoms with Crippen LogP contribution in [0.4, 0.5) is 18.9 Å². The second-order valence-electron chi connectivity index (χ2n) is 6.60. The first-order chi connectivity index (χ1) is 14.9. The minimum Gasteiger partial charge on any atom is -0.497 e. The van der Waals surface area contributed by atoms with Gasteiger partial charge in [-0.05, 0) is 23.8 Å². The number of benzene rings is 3. The van der Waals surface area contributed by atoms with Crippen LogP contribution in [-0.2, 0) is 11.3 Å². The van der Waals surface area contributed by atoms with Gasteiger partial charge in [-0.3, -0.25) is 10.1 Å². The van der Waals surface area contributed by atoms with Crippen LogP contribution in [0.3, 0.4) is 0 Å². The molecule has 0 radical (unpaired) electrons. The fourth-order valence-electron chi connectivity index (χ4n) is 3.01. The molecule has 0 aromatic heterocycles. The molecule has 3 rings (SSSR count). The molecule has 162 valence electrons. The highest BCUT2D eigenvalue weighted by Crippen LogP contribution is 2.27. The molecule has 0 saturated carbocycles. The maximum absolute atomic E-state index is 13.0. The molecule has 8 heteroatoms. The van der Waals surface area contributed by atoms with Crippen LogP contribution >= 0.6 is 0 Å². The van der Waals surface area contributed by atoms with Gasteiger partial charge in [0.2, 0.25) is 5.91 Å². The van der Waals surface area contributed by atoms with Crippen LogP contribution in [0.1, 0.15) is 17.2 Å². The Bertz CT molecular complexity index is 1010. The van der Waals surface area contributed by atoms with Gasteiger partial charge in [0.25, 0.3) is 0 Å². The summed E-state index contributed by atoms with van der Waals surface area (Å²) in [5, 5.41) is 5.85. The Balaban J connectivity index is 1.80. The topological polar surface area (TPSA) is 59.6 Å². The number of carbonyl (C=O) groups excluding carboxylic acids is 1. The first kappa shape index (κ1) is 22.2. The van der Waals surface area contributed by atoms with Crippen molar-refractivity contribution in [2.45, 2.75) is 18.9 Å². The molecule has 0 aliphatic rings. The van der Waals surface area contributed by atoms with Crippen LogP contribution in [0.5, 0.6) is 11.5 Å². The van der Waals surface area contributed by atoms with Gasteiger partial charge in [-0.2, -0.15) is 0 Å². The number of hydrogen-bond acceptors (Lipinski definition) is 4. The van der Waals surface area contributed by atoms with Crippen LogP contribution in [0, 0.1) is 0 Å². The second kappa shape index (κ2) is 9.99. The molecule has 3 aromatic carbocycles. The zero-order chi connectivity index (χ0) is 22.3. The molecule has 1 atom stereocenters. The smallest absolute Gasteiger partial charge is 0.497 e. The summed E-state index contributed by atoms with van der Waals surface area (Å²) in [7, 11) is 1.52. The van der Waals surface area contributed by atoms with E-state index >= 15 is 0 Å². The molecular weight excluding hydrogens is 409 g/mol. The third-order valence-electron chi connectivity index (χ3n) is 4.43. The number of alkyl halides is 3. The number of nitrogens with one attached hydrogen (secondary N) is 2. The Morgan fingerprint density at radius 2 is 1.68 bits per heavy atom. The highest BCUT2D eigenvalue weighted by atomic mass is 19.4. The Kier molecular flexibility index (Phi) is 7.15. The van der Waals surface area contributed by atoms with Crippen LogP contribution < -0.4 is 20.1 Å². The molecule has 2 N–H and O–H groups in total. The minimum atomic E-state index is -4.81. The van der Waals surface area contributed by atoms with E-state index in [1.54, 1.807) is 54.6 Å². The van der Waals surface area contributed by atoms with E-state index in [9.17, 15) is 18.0 Å². The summed E-state index contributed by atoms with van der Waals surface area (Å²) in [5.41, 5.74) is 1.47. The van der Waals surface area contributed by atoms with Gasteiger partial charge in [-0.15, -0.1) is 13.2 Å². The van der Waals surface area contributed by atoms with Crippen molar-refractivity contribution in [1.82, 2.24) is 5.32 Å². The lowest BCUT2D eigenvalue weighted by Crippen LogP contribution is -2.33. The van der Waals surface area contributed by atoms with Gasteiger partial charge >= 0.3 is 6.36 Å². The molecule has 5 nitrogen and oxygen atoms in total. The predicted molar refractivity (Wildman–Crippen MR) is 111 cm³/mol. The average molecular weight is 430 g/mol. The number of carbonyl (C=O) groups is 1. The van der Waals surface area contributed by atoms with E-state index < -0.39 is 12.4 Å². The molecule has 0 aliphatic carbocycles. The molecule has 0 saturated heterocycles. The maximum Gasteiger partial charge on any atom is 0.573 e. The maximum atomic E-state index is 13.0. The standard InChI is InChI=1S/C23H21F3N2O3/c1-30-19-12-7-11-18(14-19)28-22(29)21(16-8-3-2-4-9-16)27-15-17-10-5-6-13-20(17)31-23(24,25)26/h2-14,21,27H,15H2,1H3,(H,28,29). The van der Waals surface area contributed by atoms with E-state index in [1.165, 1.54) is 25.3 Å². The summed E-state index contributed by atoms with van der Waals surface area (Å²) in [6, 6.07) is 20.8. The zero-order valence-corrected chi connectivity index (χ0v) is 16.6. The largest absolute Gasteiger partial charge is 0.573 e. The van der Waals surface area contributed by atoms with E-state index in [1.807, 2.05) is 6.07 Å². The molecule has 1 amide bonds. The number of rotatable bonds is 8. The van der Waals surface area contributed by atoms with E-state index in [-0.39, 0.29) is 23.8 Å². The van der Waals surface area contributed by atoms with Gasteiger partial charge in [-0.1, -0.05) is 54.6 Å². The number of halogens is 3. The summed E-state index contributed by atoms with van der Waals surface area (Å²) in [6.07, 6.45) is -4.81. The first-order valence-electron chi connectivity index (χ1n) is 9.42. The van der Waals surface area contributed by atoms with Crippen molar-refractivity contribution in [3.8, 4) is 11.5 Å². The van der Waals surface area contributed by atoms with E-state index in [4.69, 9.17) is 4.74 Å². The van der Waals surface area contributed by atoms with Crippen LogP contribution in [0.25, 0.3) is 0 Å². The highest BCUT2D eigenvalue weighted by molar-refractivity contribution is 5.95. The molecule has 0 spiro atoms. The number of ether oxygens (including phenoxy) is 2. The molecule has 31 heavy (non-hydrogen) atoms. The van der Waals surface area contributed by atoms with Crippen molar-refractivity contribution in [1.29, 1.82) is 0 Å². The SMILES string of the molecule is COc1cccc(NC(=O)C(NCc2ccccc2OC(F)(F)F)c2ccccc2)c1. The van der Waals surface area contributed by atoms with Gasteiger partial charge in [0.05, 0.1) is 7.11 Å². The molecule has 0 fully saturated rings. The van der Waals surface area contributed by atoms with Crippen molar-refractivity contribution in [2.24, 2.45) is 0 Å². The molecular formula is C23H21F3N2O3.